The Bertz CT molecular complexity index is 371. The summed E-state index contributed by atoms with van der Waals surface area (Å²) >= 11 is 0. The van der Waals surface area contributed by atoms with Crippen molar-refractivity contribution in [1.29, 1.82) is 0 Å². The first-order valence-electron chi connectivity index (χ1n) is 5.71. The number of rotatable bonds is 5. The minimum atomic E-state index is -0.246. The SMILES string of the molecule is Cc1cccc(F)c1NCCCC(=O)N(C)C. The highest BCUT2D eigenvalue weighted by atomic mass is 19.1. The first kappa shape index (κ1) is 13.5. The van der Waals surface area contributed by atoms with Crippen LogP contribution in [-0.4, -0.2) is 31.4 Å². The van der Waals surface area contributed by atoms with Gasteiger partial charge >= 0.3 is 0 Å². The van der Waals surface area contributed by atoms with Crippen molar-refractivity contribution in [2.45, 2.75) is 19.8 Å². The van der Waals surface area contributed by atoms with Crippen LogP contribution in [0.2, 0.25) is 0 Å². The van der Waals surface area contributed by atoms with Gasteiger partial charge in [-0.3, -0.25) is 4.79 Å². The van der Waals surface area contributed by atoms with E-state index in [1.165, 1.54) is 6.07 Å². The van der Waals surface area contributed by atoms with Gasteiger partial charge in [0.1, 0.15) is 5.82 Å². The molecule has 0 saturated heterocycles. The maximum Gasteiger partial charge on any atom is 0.222 e. The third-order valence-corrected chi connectivity index (χ3v) is 2.59. The van der Waals surface area contributed by atoms with E-state index in [-0.39, 0.29) is 11.7 Å². The molecule has 1 amide bonds. The molecule has 0 fully saturated rings. The first-order valence-corrected chi connectivity index (χ1v) is 5.71. The Morgan fingerprint density at radius 2 is 2.12 bits per heavy atom. The lowest BCUT2D eigenvalue weighted by Gasteiger charge is -2.12. The Labute approximate surface area is 102 Å². The van der Waals surface area contributed by atoms with E-state index in [0.717, 1.165) is 5.56 Å². The summed E-state index contributed by atoms with van der Waals surface area (Å²) in [4.78, 5) is 12.9. The molecule has 1 aromatic carbocycles. The van der Waals surface area contributed by atoms with E-state index >= 15 is 0 Å². The standard InChI is InChI=1S/C13H19FN2O/c1-10-6-4-7-11(14)13(10)15-9-5-8-12(17)16(2)3/h4,6-7,15H,5,8-9H2,1-3H3. The number of anilines is 1. The number of nitrogens with zero attached hydrogens (tertiary/aromatic N) is 1. The third-order valence-electron chi connectivity index (χ3n) is 2.59. The van der Waals surface area contributed by atoms with Gasteiger partial charge in [0.05, 0.1) is 5.69 Å². The van der Waals surface area contributed by atoms with Gasteiger partial charge in [0, 0.05) is 27.1 Å². The van der Waals surface area contributed by atoms with Crippen LogP contribution in [0.15, 0.2) is 18.2 Å². The fourth-order valence-electron chi connectivity index (χ4n) is 1.53. The van der Waals surface area contributed by atoms with Crippen molar-refractivity contribution < 1.29 is 9.18 Å². The summed E-state index contributed by atoms with van der Waals surface area (Å²) in [5, 5.41) is 3.03. The van der Waals surface area contributed by atoms with Gasteiger partial charge in [0.25, 0.3) is 0 Å². The van der Waals surface area contributed by atoms with Crippen LogP contribution >= 0.6 is 0 Å². The minimum absolute atomic E-state index is 0.0945. The van der Waals surface area contributed by atoms with E-state index in [1.807, 2.05) is 13.0 Å². The van der Waals surface area contributed by atoms with Crippen LogP contribution in [0.3, 0.4) is 0 Å². The van der Waals surface area contributed by atoms with Crippen LogP contribution in [0.5, 0.6) is 0 Å². The maximum absolute atomic E-state index is 13.4. The van der Waals surface area contributed by atoms with Crippen LogP contribution < -0.4 is 5.32 Å². The predicted octanol–water partition coefficient (Wildman–Crippen LogP) is 2.41. The maximum atomic E-state index is 13.4. The number of para-hydroxylation sites is 1. The molecule has 17 heavy (non-hydrogen) atoms. The Balaban J connectivity index is 2.39. The lowest BCUT2D eigenvalue weighted by molar-refractivity contribution is -0.128. The smallest absolute Gasteiger partial charge is 0.222 e. The molecule has 0 aliphatic carbocycles. The van der Waals surface area contributed by atoms with Gasteiger partial charge in [-0.25, -0.2) is 4.39 Å². The molecule has 0 bridgehead atoms. The number of amides is 1. The number of halogens is 1. The van der Waals surface area contributed by atoms with Crippen LogP contribution in [-0.2, 0) is 4.79 Å². The molecular weight excluding hydrogens is 219 g/mol. The molecule has 0 aromatic heterocycles. The molecule has 0 unspecified atom stereocenters. The van der Waals surface area contributed by atoms with E-state index in [9.17, 15) is 9.18 Å². The second-order valence-corrected chi connectivity index (χ2v) is 4.25. The largest absolute Gasteiger partial charge is 0.382 e. The molecule has 0 heterocycles. The van der Waals surface area contributed by atoms with Gasteiger partial charge in [-0.1, -0.05) is 12.1 Å². The van der Waals surface area contributed by atoms with E-state index in [2.05, 4.69) is 5.32 Å². The van der Waals surface area contributed by atoms with Crippen LogP contribution in [0.1, 0.15) is 18.4 Å². The van der Waals surface area contributed by atoms with Crippen molar-refractivity contribution in [1.82, 2.24) is 4.90 Å². The summed E-state index contributed by atoms with van der Waals surface area (Å²) in [5.41, 5.74) is 1.41. The third kappa shape index (κ3) is 4.06. The summed E-state index contributed by atoms with van der Waals surface area (Å²) in [5.74, 6) is -0.152. The normalized spacial score (nSPS) is 10.1. The summed E-state index contributed by atoms with van der Waals surface area (Å²) in [6.45, 7) is 2.46. The average Bonchev–Trinajstić information content (AvgIpc) is 2.27. The van der Waals surface area contributed by atoms with Crippen molar-refractivity contribution >= 4 is 11.6 Å². The van der Waals surface area contributed by atoms with Gasteiger partial charge in [-0.2, -0.15) is 0 Å². The van der Waals surface area contributed by atoms with Gasteiger partial charge in [0.15, 0.2) is 0 Å². The zero-order chi connectivity index (χ0) is 12.8. The molecule has 4 heteroatoms. The molecule has 1 aromatic rings. The Morgan fingerprint density at radius 1 is 1.41 bits per heavy atom. The van der Waals surface area contributed by atoms with Crippen LogP contribution in [0.25, 0.3) is 0 Å². The van der Waals surface area contributed by atoms with Crippen molar-refractivity contribution in [3.05, 3.63) is 29.6 Å². The molecule has 0 radical (unpaired) electrons. The topological polar surface area (TPSA) is 32.3 Å². The van der Waals surface area contributed by atoms with Crippen LogP contribution in [0, 0.1) is 12.7 Å². The Hall–Kier alpha value is -1.58. The van der Waals surface area contributed by atoms with E-state index < -0.39 is 0 Å². The Morgan fingerprint density at radius 3 is 2.71 bits per heavy atom. The fourth-order valence-corrected chi connectivity index (χ4v) is 1.53. The summed E-state index contributed by atoms with van der Waals surface area (Å²) in [7, 11) is 3.47. The number of carbonyl (C=O) groups is 1. The number of hydrogen-bond acceptors (Lipinski definition) is 2. The second kappa shape index (κ2) is 6.23. The molecule has 0 saturated carbocycles. The zero-order valence-corrected chi connectivity index (χ0v) is 10.6. The molecular formula is C13H19FN2O. The lowest BCUT2D eigenvalue weighted by atomic mass is 10.2. The van der Waals surface area contributed by atoms with Crippen molar-refractivity contribution in [3.8, 4) is 0 Å². The predicted molar refractivity (Wildman–Crippen MR) is 67.6 cm³/mol. The number of carbonyl (C=O) groups excluding carboxylic acids is 1. The van der Waals surface area contributed by atoms with Gasteiger partial charge in [0.2, 0.25) is 5.91 Å². The molecule has 0 atom stereocenters. The Kier molecular flexibility index (Phi) is 4.94. The quantitative estimate of drug-likeness (QED) is 0.799. The molecule has 94 valence electrons. The van der Waals surface area contributed by atoms with E-state index in [1.54, 1.807) is 25.1 Å². The minimum Gasteiger partial charge on any atom is -0.382 e. The monoisotopic (exact) mass is 238 g/mol. The molecule has 0 spiro atoms. The number of aryl methyl sites for hydroxylation is 1. The number of nitrogens with one attached hydrogen (secondary N) is 1. The fraction of sp³-hybridized carbons (Fsp3) is 0.462. The summed E-state index contributed by atoms with van der Waals surface area (Å²) in [6, 6.07) is 4.97. The van der Waals surface area contributed by atoms with Crippen molar-refractivity contribution in [2.24, 2.45) is 0 Å². The first-order chi connectivity index (χ1) is 8.02. The molecule has 1 rings (SSSR count). The lowest BCUT2D eigenvalue weighted by Crippen LogP contribution is -2.22. The highest BCUT2D eigenvalue weighted by Crippen LogP contribution is 2.18. The highest BCUT2D eigenvalue weighted by molar-refractivity contribution is 5.75. The van der Waals surface area contributed by atoms with E-state index in [0.29, 0.717) is 25.1 Å². The van der Waals surface area contributed by atoms with Gasteiger partial charge < -0.3 is 10.2 Å². The van der Waals surface area contributed by atoms with Crippen molar-refractivity contribution in [2.75, 3.05) is 26.0 Å². The van der Waals surface area contributed by atoms with Gasteiger partial charge in [-0.05, 0) is 25.0 Å². The molecule has 3 nitrogen and oxygen atoms in total. The summed E-state index contributed by atoms with van der Waals surface area (Å²) < 4.78 is 13.4. The van der Waals surface area contributed by atoms with Crippen LogP contribution in [0.4, 0.5) is 10.1 Å². The van der Waals surface area contributed by atoms with E-state index in [4.69, 9.17) is 0 Å². The average molecular weight is 238 g/mol. The highest BCUT2D eigenvalue weighted by Gasteiger charge is 2.06. The number of hydrogen-bond donors (Lipinski definition) is 1. The molecule has 0 aliphatic rings. The van der Waals surface area contributed by atoms with Crippen molar-refractivity contribution in [3.63, 3.8) is 0 Å². The second-order valence-electron chi connectivity index (χ2n) is 4.25. The molecule has 1 N–H and O–H groups in total. The van der Waals surface area contributed by atoms with Gasteiger partial charge in [-0.15, -0.1) is 0 Å². The molecule has 0 aliphatic heterocycles. The summed E-state index contributed by atoms with van der Waals surface area (Å²) in [6.07, 6.45) is 1.18. The zero-order valence-electron chi connectivity index (χ0n) is 10.6. The number of benzene rings is 1.